The van der Waals surface area contributed by atoms with Crippen LogP contribution in [0.4, 0.5) is 0 Å². The molecule has 0 saturated heterocycles. The van der Waals surface area contributed by atoms with Gasteiger partial charge in [0.1, 0.15) is 17.1 Å². The minimum absolute atomic E-state index is 0.119. The molecule has 0 bridgehead atoms. The molecule has 0 aromatic heterocycles. The summed E-state index contributed by atoms with van der Waals surface area (Å²) < 4.78 is 0. The quantitative estimate of drug-likeness (QED) is 0.678. The number of aromatic hydroxyl groups is 2. The zero-order chi connectivity index (χ0) is 14.5. The molecule has 2 aromatic rings. The number of carbonyl (C=O) groups excluding carboxylic acids is 1. The monoisotopic (exact) mass is 272 g/mol. The number of nitrogens with one attached hydrogen (secondary N) is 1. The number of hydrogen-bond donors (Lipinski definition) is 4. The summed E-state index contributed by atoms with van der Waals surface area (Å²) in [5, 5.41) is 21.8. The topological polar surface area (TPSA) is 95.6 Å². The molecule has 0 atom stereocenters. The van der Waals surface area contributed by atoms with E-state index in [2.05, 4.69) is 5.32 Å². The molecular formula is C15H16N2O3. The van der Waals surface area contributed by atoms with Crippen molar-refractivity contribution in [1.29, 1.82) is 0 Å². The fourth-order valence-corrected chi connectivity index (χ4v) is 1.82. The highest BCUT2D eigenvalue weighted by Gasteiger charge is 2.15. The van der Waals surface area contributed by atoms with E-state index in [1.165, 1.54) is 18.2 Å². The van der Waals surface area contributed by atoms with Gasteiger partial charge in [0.05, 0.1) is 0 Å². The molecule has 5 heteroatoms. The number of carbonyl (C=O) groups is 1. The van der Waals surface area contributed by atoms with Gasteiger partial charge in [-0.1, -0.05) is 30.3 Å². The molecule has 0 heterocycles. The summed E-state index contributed by atoms with van der Waals surface area (Å²) in [5.41, 5.74) is 7.31. The second-order valence-corrected chi connectivity index (χ2v) is 4.37. The van der Waals surface area contributed by atoms with E-state index in [0.29, 0.717) is 13.1 Å². The predicted octanol–water partition coefficient (Wildman–Crippen LogP) is 1.49. The lowest BCUT2D eigenvalue weighted by molar-refractivity contribution is 0.0945. The Bertz CT molecular complexity index is 589. The van der Waals surface area contributed by atoms with Crippen molar-refractivity contribution in [2.75, 3.05) is 0 Å². The lowest BCUT2D eigenvalue weighted by Gasteiger charge is -2.08. The summed E-state index contributed by atoms with van der Waals surface area (Å²) in [7, 11) is 0. The SMILES string of the molecule is NCc1ccc(CNC(=O)c2c(O)cccc2O)cc1. The Morgan fingerprint density at radius 1 is 1.00 bits per heavy atom. The zero-order valence-electron chi connectivity index (χ0n) is 10.8. The van der Waals surface area contributed by atoms with Crippen molar-refractivity contribution in [3.63, 3.8) is 0 Å². The number of nitrogens with two attached hydrogens (primary N) is 1. The van der Waals surface area contributed by atoms with Crippen molar-refractivity contribution in [2.24, 2.45) is 5.73 Å². The zero-order valence-corrected chi connectivity index (χ0v) is 10.8. The maximum Gasteiger partial charge on any atom is 0.259 e. The maximum absolute atomic E-state index is 11.9. The lowest BCUT2D eigenvalue weighted by atomic mass is 10.1. The first kappa shape index (κ1) is 13.9. The first-order valence-electron chi connectivity index (χ1n) is 6.19. The van der Waals surface area contributed by atoms with Crippen molar-refractivity contribution in [3.8, 4) is 11.5 Å². The number of rotatable bonds is 4. The van der Waals surface area contributed by atoms with E-state index in [0.717, 1.165) is 11.1 Å². The van der Waals surface area contributed by atoms with E-state index in [1.807, 2.05) is 24.3 Å². The molecule has 0 fully saturated rings. The van der Waals surface area contributed by atoms with Gasteiger partial charge in [-0.25, -0.2) is 0 Å². The van der Waals surface area contributed by atoms with Gasteiger partial charge in [-0.3, -0.25) is 4.79 Å². The molecule has 1 amide bonds. The summed E-state index contributed by atoms with van der Waals surface area (Å²) in [5.74, 6) is -1.02. The summed E-state index contributed by atoms with van der Waals surface area (Å²) in [6.45, 7) is 0.774. The molecule has 0 unspecified atom stereocenters. The number of hydrogen-bond acceptors (Lipinski definition) is 4. The van der Waals surface area contributed by atoms with E-state index in [-0.39, 0.29) is 17.1 Å². The van der Waals surface area contributed by atoms with Gasteiger partial charge in [0, 0.05) is 13.1 Å². The van der Waals surface area contributed by atoms with Crippen LogP contribution in [0.15, 0.2) is 42.5 Å². The molecule has 5 nitrogen and oxygen atoms in total. The van der Waals surface area contributed by atoms with Crippen molar-refractivity contribution in [1.82, 2.24) is 5.32 Å². The van der Waals surface area contributed by atoms with E-state index >= 15 is 0 Å². The molecule has 0 aliphatic rings. The molecule has 2 aromatic carbocycles. The smallest absolute Gasteiger partial charge is 0.259 e. The minimum atomic E-state index is -0.525. The number of benzene rings is 2. The number of phenolic OH excluding ortho intramolecular Hbond substituents is 2. The molecule has 104 valence electrons. The first-order valence-corrected chi connectivity index (χ1v) is 6.19. The maximum atomic E-state index is 11.9. The van der Waals surface area contributed by atoms with Crippen molar-refractivity contribution < 1.29 is 15.0 Å². The molecule has 0 spiro atoms. The standard InChI is InChI=1S/C15H16N2O3/c16-8-10-4-6-11(7-5-10)9-17-15(20)14-12(18)2-1-3-13(14)19/h1-7,18-19H,8-9,16H2,(H,17,20). The van der Waals surface area contributed by atoms with Crippen LogP contribution in [0.3, 0.4) is 0 Å². The second kappa shape index (κ2) is 6.08. The fraction of sp³-hybridized carbons (Fsp3) is 0.133. The molecule has 20 heavy (non-hydrogen) atoms. The van der Waals surface area contributed by atoms with Crippen LogP contribution in [0.25, 0.3) is 0 Å². The third kappa shape index (κ3) is 3.07. The normalized spacial score (nSPS) is 10.2. The Morgan fingerprint density at radius 2 is 1.55 bits per heavy atom. The third-order valence-electron chi connectivity index (χ3n) is 2.96. The Balaban J connectivity index is 2.05. The molecule has 0 aliphatic carbocycles. The summed E-state index contributed by atoms with van der Waals surface area (Å²) >= 11 is 0. The van der Waals surface area contributed by atoms with Crippen LogP contribution in [0.2, 0.25) is 0 Å². The molecule has 0 saturated carbocycles. The molecule has 0 aliphatic heterocycles. The summed E-state index contributed by atoms with van der Waals surface area (Å²) in [6.07, 6.45) is 0. The van der Waals surface area contributed by atoms with Crippen LogP contribution in [-0.4, -0.2) is 16.1 Å². The highest BCUT2D eigenvalue weighted by Crippen LogP contribution is 2.25. The number of amides is 1. The average molecular weight is 272 g/mol. The molecule has 0 radical (unpaired) electrons. The van der Waals surface area contributed by atoms with Crippen LogP contribution >= 0.6 is 0 Å². The Morgan fingerprint density at radius 3 is 2.10 bits per heavy atom. The largest absolute Gasteiger partial charge is 0.507 e. The van der Waals surface area contributed by atoms with Gasteiger partial charge in [0.15, 0.2) is 0 Å². The van der Waals surface area contributed by atoms with Gasteiger partial charge in [0.2, 0.25) is 0 Å². The number of phenols is 2. The van der Waals surface area contributed by atoms with E-state index < -0.39 is 5.91 Å². The average Bonchev–Trinajstić information content (AvgIpc) is 2.45. The predicted molar refractivity (Wildman–Crippen MR) is 75.3 cm³/mol. The van der Waals surface area contributed by atoms with Crippen LogP contribution in [-0.2, 0) is 13.1 Å². The highest BCUT2D eigenvalue weighted by molar-refractivity contribution is 5.99. The van der Waals surface area contributed by atoms with Gasteiger partial charge >= 0.3 is 0 Å². The van der Waals surface area contributed by atoms with Crippen LogP contribution in [0.1, 0.15) is 21.5 Å². The second-order valence-electron chi connectivity index (χ2n) is 4.37. The van der Waals surface area contributed by atoms with Gasteiger partial charge < -0.3 is 21.3 Å². The van der Waals surface area contributed by atoms with Gasteiger partial charge in [0.25, 0.3) is 5.91 Å². The Kier molecular flexibility index (Phi) is 4.22. The van der Waals surface area contributed by atoms with E-state index in [4.69, 9.17) is 5.73 Å². The van der Waals surface area contributed by atoms with Crippen LogP contribution < -0.4 is 11.1 Å². The Labute approximate surface area is 116 Å². The highest BCUT2D eigenvalue weighted by atomic mass is 16.3. The molecule has 5 N–H and O–H groups in total. The minimum Gasteiger partial charge on any atom is -0.507 e. The summed E-state index contributed by atoms with van der Waals surface area (Å²) in [4.78, 5) is 11.9. The first-order chi connectivity index (χ1) is 9.61. The lowest BCUT2D eigenvalue weighted by Crippen LogP contribution is -2.23. The van der Waals surface area contributed by atoms with Crippen molar-refractivity contribution >= 4 is 5.91 Å². The van der Waals surface area contributed by atoms with Crippen LogP contribution in [0.5, 0.6) is 11.5 Å². The van der Waals surface area contributed by atoms with Crippen molar-refractivity contribution in [3.05, 3.63) is 59.2 Å². The summed E-state index contributed by atoms with van der Waals surface area (Å²) in [6, 6.07) is 11.7. The third-order valence-corrected chi connectivity index (χ3v) is 2.96. The van der Waals surface area contributed by atoms with E-state index in [1.54, 1.807) is 0 Å². The fourth-order valence-electron chi connectivity index (χ4n) is 1.82. The van der Waals surface area contributed by atoms with Crippen LogP contribution in [0, 0.1) is 0 Å². The van der Waals surface area contributed by atoms with Gasteiger partial charge in [-0.2, -0.15) is 0 Å². The molecular weight excluding hydrogens is 256 g/mol. The van der Waals surface area contributed by atoms with Gasteiger partial charge in [-0.15, -0.1) is 0 Å². The molecule has 2 rings (SSSR count). The van der Waals surface area contributed by atoms with Gasteiger partial charge in [-0.05, 0) is 23.3 Å². The van der Waals surface area contributed by atoms with Crippen molar-refractivity contribution in [2.45, 2.75) is 13.1 Å². The van der Waals surface area contributed by atoms with E-state index in [9.17, 15) is 15.0 Å². The Hall–Kier alpha value is -2.53.